The van der Waals surface area contributed by atoms with Gasteiger partial charge in [0.05, 0.1) is 12.6 Å². The van der Waals surface area contributed by atoms with Crippen LogP contribution >= 0.6 is 11.8 Å². The fourth-order valence-corrected chi connectivity index (χ4v) is 2.43. The highest BCUT2D eigenvalue weighted by molar-refractivity contribution is 8.13. The Morgan fingerprint density at radius 2 is 1.72 bits per heavy atom. The molecule has 138 valence electrons. The number of carbonyl (C=O) groups excluding carboxylic acids is 3. The maximum absolute atomic E-state index is 12.0. The molecule has 25 heavy (non-hydrogen) atoms. The Kier molecular flexibility index (Phi) is 9.05. The summed E-state index contributed by atoms with van der Waals surface area (Å²) in [6, 6.07) is 7.13. The van der Waals surface area contributed by atoms with Crippen molar-refractivity contribution >= 4 is 28.7 Å². The van der Waals surface area contributed by atoms with E-state index in [2.05, 4.69) is 0 Å². The van der Waals surface area contributed by atoms with E-state index >= 15 is 0 Å². The van der Waals surface area contributed by atoms with Crippen LogP contribution < -0.4 is 9.47 Å². The second-order valence-corrected chi connectivity index (χ2v) is 6.58. The van der Waals surface area contributed by atoms with Gasteiger partial charge >= 0.3 is 0 Å². The Balaban J connectivity index is 2.58. The molecule has 0 aliphatic heterocycles. The number of rotatable bonds is 9. The minimum atomic E-state index is -0.813. The second-order valence-electron chi connectivity index (χ2n) is 5.37. The molecule has 1 atom stereocenters. The van der Waals surface area contributed by atoms with Crippen molar-refractivity contribution in [2.45, 2.75) is 40.2 Å². The highest BCUT2D eigenvalue weighted by Gasteiger charge is 2.24. The summed E-state index contributed by atoms with van der Waals surface area (Å²) in [6.45, 7) is 7.13. The molecule has 0 bridgehead atoms. The summed E-state index contributed by atoms with van der Waals surface area (Å²) >= 11 is 0.983. The van der Waals surface area contributed by atoms with E-state index in [1.807, 2.05) is 13.8 Å². The summed E-state index contributed by atoms with van der Waals surface area (Å²) in [6.07, 6.45) is 1.06. The molecule has 0 fully saturated rings. The lowest BCUT2D eigenvalue weighted by atomic mass is 10.3. The molecule has 0 radical (unpaired) electrons. The number of thioether (sulfide) groups is 1. The Labute approximate surface area is 152 Å². The zero-order valence-corrected chi connectivity index (χ0v) is 15.9. The number of amides is 2. The molecule has 1 aromatic rings. The SMILES string of the molecule is CCSC(=O)N(CCOc1ccc(OC(C)CC)cc1)C(=O)C(C)=O. The molecule has 0 aromatic heterocycles. The third-order valence-corrected chi connectivity index (χ3v) is 4.11. The lowest BCUT2D eigenvalue weighted by molar-refractivity contribution is -0.141. The number of benzene rings is 1. The van der Waals surface area contributed by atoms with Crippen LogP contribution in [0.5, 0.6) is 11.5 Å². The van der Waals surface area contributed by atoms with Crippen molar-refractivity contribution in [2.24, 2.45) is 0 Å². The van der Waals surface area contributed by atoms with Gasteiger partial charge in [0, 0.05) is 6.92 Å². The summed E-state index contributed by atoms with van der Waals surface area (Å²) in [4.78, 5) is 36.0. The second kappa shape index (κ2) is 10.8. The van der Waals surface area contributed by atoms with Gasteiger partial charge < -0.3 is 9.47 Å². The first-order valence-corrected chi connectivity index (χ1v) is 9.26. The first-order valence-electron chi connectivity index (χ1n) is 8.27. The largest absolute Gasteiger partial charge is 0.492 e. The smallest absolute Gasteiger partial charge is 0.297 e. The van der Waals surface area contributed by atoms with E-state index in [1.165, 1.54) is 0 Å². The third kappa shape index (κ3) is 7.17. The number of ether oxygens (including phenoxy) is 2. The van der Waals surface area contributed by atoms with Gasteiger partial charge in [-0.2, -0.15) is 0 Å². The van der Waals surface area contributed by atoms with Crippen molar-refractivity contribution < 1.29 is 23.9 Å². The van der Waals surface area contributed by atoms with E-state index in [4.69, 9.17) is 9.47 Å². The first-order chi connectivity index (χ1) is 11.9. The first kappa shape index (κ1) is 21.0. The zero-order chi connectivity index (χ0) is 18.8. The highest BCUT2D eigenvalue weighted by Crippen LogP contribution is 2.19. The Hall–Kier alpha value is -2.02. The van der Waals surface area contributed by atoms with Gasteiger partial charge in [-0.15, -0.1) is 0 Å². The predicted molar refractivity (Wildman–Crippen MR) is 98.2 cm³/mol. The number of hydrogen-bond donors (Lipinski definition) is 0. The maximum Gasteiger partial charge on any atom is 0.297 e. The Morgan fingerprint density at radius 3 is 2.24 bits per heavy atom. The van der Waals surface area contributed by atoms with E-state index < -0.39 is 16.9 Å². The molecule has 0 saturated heterocycles. The van der Waals surface area contributed by atoms with E-state index in [-0.39, 0.29) is 19.3 Å². The van der Waals surface area contributed by atoms with Gasteiger partial charge in [0.2, 0.25) is 5.78 Å². The summed E-state index contributed by atoms with van der Waals surface area (Å²) < 4.78 is 11.2. The number of hydrogen-bond acceptors (Lipinski definition) is 6. The van der Waals surface area contributed by atoms with E-state index in [0.29, 0.717) is 11.5 Å². The highest BCUT2D eigenvalue weighted by atomic mass is 32.2. The fourth-order valence-electron chi connectivity index (χ4n) is 1.85. The molecule has 0 N–H and O–H groups in total. The average molecular weight is 367 g/mol. The third-order valence-electron chi connectivity index (χ3n) is 3.35. The number of Topliss-reactive ketones (excluding diaryl/α,β-unsaturated/α-hetero) is 1. The van der Waals surface area contributed by atoms with E-state index in [0.717, 1.165) is 35.8 Å². The quantitative estimate of drug-likeness (QED) is 0.622. The molecule has 1 aromatic carbocycles. The van der Waals surface area contributed by atoms with Crippen molar-refractivity contribution in [3.63, 3.8) is 0 Å². The molecule has 0 aliphatic rings. The van der Waals surface area contributed by atoms with Gasteiger partial charge in [0.25, 0.3) is 11.1 Å². The van der Waals surface area contributed by atoms with Crippen LogP contribution in [0.4, 0.5) is 4.79 Å². The van der Waals surface area contributed by atoms with Crippen molar-refractivity contribution in [3.8, 4) is 11.5 Å². The Morgan fingerprint density at radius 1 is 1.12 bits per heavy atom. The van der Waals surface area contributed by atoms with Crippen molar-refractivity contribution in [1.29, 1.82) is 0 Å². The van der Waals surface area contributed by atoms with Crippen LogP contribution in [0.15, 0.2) is 24.3 Å². The molecular weight excluding hydrogens is 342 g/mol. The number of imide groups is 1. The van der Waals surface area contributed by atoms with Crippen LogP contribution in [0.2, 0.25) is 0 Å². The lowest BCUT2D eigenvalue weighted by Gasteiger charge is -2.19. The molecular formula is C18H25NO5S. The summed E-state index contributed by atoms with van der Waals surface area (Å²) in [7, 11) is 0. The molecule has 0 aliphatic carbocycles. The standard InChI is InChI=1S/C18H25NO5S/c1-5-13(3)24-16-9-7-15(8-10-16)23-12-11-19(17(21)14(4)20)18(22)25-6-2/h7-10,13H,5-6,11-12H2,1-4H3. The molecule has 7 heteroatoms. The number of ketones is 1. The van der Waals surface area contributed by atoms with Gasteiger partial charge in [-0.3, -0.25) is 19.3 Å². The molecule has 2 amide bonds. The van der Waals surface area contributed by atoms with Crippen LogP contribution in [0.3, 0.4) is 0 Å². The number of carbonyl (C=O) groups is 3. The van der Waals surface area contributed by atoms with Crippen LogP contribution in [-0.2, 0) is 9.59 Å². The van der Waals surface area contributed by atoms with Crippen molar-refractivity contribution in [2.75, 3.05) is 18.9 Å². The van der Waals surface area contributed by atoms with Crippen molar-refractivity contribution in [3.05, 3.63) is 24.3 Å². The molecule has 6 nitrogen and oxygen atoms in total. The average Bonchev–Trinajstić information content (AvgIpc) is 2.59. The van der Waals surface area contributed by atoms with Crippen LogP contribution in [0, 0.1) is 0 Å². The monoisotopic (exact) mass is 367 g/mol. The van der Waals surface area contributed by atoms with Gasteiger partial charge in [-0.05, 0) is 43.4 Å². The molecule has 0 saturated carbocycles. The maximum atomic E-state index is 12.0. The van der Waals surface area contributed by atoms with E-state index in [9.17, 15) is 14.4 Å². The molecule has 0 spiro atoms. The van der Waals surface area contributed by atoms with Gasteiger partial charge in [-0.1, -0.05) is 25.6 Å². The summed E-state index contributed by atoms with van der Waals surface area (Å²) in [5, 5.41) is -0.441. The zero-order valence-electron chi connectivity index (χ0n) is 15.1. The Bertz CT molecular complexity index is 588. The summed E-state index contributed by atoms with van der Waals surface area (Å²) in [5.74, 6) is 0.398. The molecule has 1 unspecified atom stereocenters. The lowest BCUT2D eigenvalue weighted by Crippen LogP contribution is -2.40. The topological polar surface area (TPSA) is 72.9 Å². The van der Waals surface area contributed by atoms with Crippen molar-refractivity contribution in [1.82, 2.24) is 4.90 Å². The van der Waals surface area contributed by atoms with Crippen LogP contribution in [-0.4, -0.2) is 46.8 Å². The minimum absolute atomic E-state index is 0.0232. The van der Waals surface area contributed by atoms with Gasteiger partial charge in [-0.25, -0.2) is 0 Å². The van der Waals surface area contributed by atoms with Gasteiger partial charge in [0.15, 0.2) is 0 Å². The summed E-state index contributed by atoms with van der Waals surface area (Å²) in [5.41, 5.74) is 0. The number of nitrogens with zero attached hydrogens (tertiary/aromatic N) is 1. The molecule has 0 heterocycles. The fraction of sp³-hybridized carbons (Fsp3) is 0.500. The predicted octanol–water partition coefficient (Wildman–Crippen LogP) is 3.53. The van der Waals surface area contributed by atoms with E-state index in [1.54, 1.807) is 31.2 Å². The van der Waals surface area contributed by atoms with Gasteiger partial charge in [0.1, 0.15) is 18.1 Å². The molecule has 1 rings (SSSR count). The minimum Gasteiger partial charge on any atom is -0.492 e. The van der Waals surface area contributed by atoms with Crippen LogP contribution in [0.1, 0.15) is 34.1 Å². The van der Waals surface area contributed by atoms with Crippen LogP contribution in [0.25, 0.3) is 0 Å². The normalized spacial score (nSPS) is 11.5.